The van der Waals surface area contributed by atoms with Crippen LogP contribution in [0.15, 0.2) is 18.2 Å². The maximum atomic E-state index is 12.3. The zero-order chi connectivity index (χ0) is 18.6. The van der Waals surface area contributed by atoms with Crippen LogP contribution in [-0.2, 0) is 15.0 Å². The number of benzene rings is 1. The Labute approximate surface area is 148 Å². The first-order chi connectivity index (χ1) is 11.7. The van der Waals surface area contributed by atoms with Crippen molar-refractivity contribution in [1.29, 1.82) is 0 Å². The fraction of sp³-hybridized carbons (Fsp3) is 0.579. The number of methoxy groups -OCH3 is 1. The van der Waals surface area contributed by atoms with Crippen LogP contribution in [-0.4, -0.2) is 43.6 Å². The van der Waals surface area contributed by atoms with Crippen molar-refractivity contribution >= 4 is 11.9 Å². The fourth-order valence-corrected chi connectivity index (χ4v) is 2.94. The van der Waals surface area contributed by atoms with Crippen LogP contribution in [0.2, 0.25) is 0 Å². The number of hydrogen-bond donors (Lipinski definition) is 0. The van der Waals surface area contributed by atoms with Gasteiger partial charge >= 0.3 is 0 Å². The second-order valence-electron chi connectivity index (χ2n) is 7.37. The molecule has 0 N–H and O–H groups in total. The van der Waals surface area contributed by atoms with Crippen LogP contribution in [0.1, 0.15) is 39.2 Å². The molecule has 1 aliphatic rings. The number of carboxylic acid groups (broad SMARTS) is 1. The van der Waals surface area contributed by atoms with E-state index in [1.54, 1.807) is 18.1 Å². The minimum Gasteiger partial charge on any atom is -0.550 e. The van der Waals surface area contributed by atoms with Crippen LogP contribution < -0.4 is 14.6 Å². The van der Waals surface area contributed by atoms with Gasteiger partial charge in [-0.15, -0.1) is 0 Å². The molecule has 1 heterocycles. The molecule has 0 saturated carbocycles. The van der Waals surface area contributed by atoms with Gasteiger partial charge < -0.3 is 24.3 Å². The topological polar surface area (TPSA) is 78.9 Å². The zero-order valence-corrected chi connectivity index (χ0v) is 15.3. The van der Waals surface area contributed by atoms with Crippen molar-refractivity contribution in [3.63, 3.8) is 0 Å². The van der Waals surface area contributed by atoms with Crippen LogP contribution >= 0.6 is 0 Å². The minimum atomic E-state index is -1.03. The Morgan fingerprint density at radius 2 is 1.88 bits per heavy atom. The predicted octanol–water partition coefficient (Wildman–Crippen LogP) is 1.36. The second-order valence-corrected chi connectivity index (χ2v) is 7.37. The summed E-state index contributed by atoms with van der Waals surface area (Å²) in [5.41, 5.74) is 0.815. The molecule has 1 aromatic rings. The number of aliphatic carboxylic acids is 1. The molecular formula is C19H26NO5-. The quantitative estimate of drug-likeness (QED) is 0.803. The monoisotopic (exact) mass is 348 g/mol. The Balaban J connectivity index is 1.99. The van der Waals surface area contributed by atoms with E-state index in [2.05, 4.69) is 20.8 Å². The second kappa shape index (κ2) is 7.76. The summed E-state index contributed by atoms with van der Waals surface area (Å²) in [5.74, 6) is -0.220. The van der Waals surface area contributed by atoms with E-state index in [1.165, 1.54) is 0 Å². The molecular weight excluding hydrogens is 322 g/mol. The van der Waals surface area contributed by atoms with Crippen molar-refractivity contribution < 1.29 is 24.2 Å². The van der Waals surface area contributed by atoms with E-state index in [0.717, 1.165) is 11.3 Å². The van der Waals surface area contributed by atoms with E-state index in [-0.39, 0.29) is 17.9 Å². The highest BCUT2D eigenvalue weighted by molar-refractivity contribution is 5.78. The zero-order valence-electron chi connectivity index (χ0n) is 15.3. The Morgan fingerprint density at radius 1 is 1.24 bits per heavy atom. The largest absolute Gasteiger partial charge is 0.550 e. The van der Waals surface area contributed by atoms with Crippen molar-refractivity contribution in [1.82, 2.24) is 4.90 Å². The molecule has 1 aliphatic heterocycles. The van der Waals surface area contributed by atoms with E-state index in [9.17, 15) is 14.7 Å². The number of likely N-dealkylation sites (tertiary alicyclic amines) is 1. The third-order valence-electron chi connectivity index (χ3n) is 4.53. The Hall–Kier alpha value is -2.24. The summed E-state index contributed by atoms with van der Waals surface area (Å²) in [5, 5.41) is 10.9. The summed E-state index contributed by atoms with van der Waals surface area (Å²) >= 11 is 0. The highest BCUT2D eigenvalue weighted by Gasteiger charge is 2.25. The van der Waals surface area contributed by atoms with Gasteiger partial charge in [-0.25, -0.2) is 0 Å². The van der Waals surface area contributed by atoms with Gasteiger partial charge in [0.05, 0.1) is 7.11 Å². The summed E-state index contributed by atoms with van der Waals surface area (Å²) in [4.78, 5) is 24.9. The van der Waals surface area contributed by atoms with Crippen LogP contribution in [0.4, 0.5) is 0 Å². The number of carbonyl (C=O) groups is 2. The molecule has 6 nitrogen and oxygen atoms in total. The van der Waals surface area contributed by atoms with Gasteiger partial charge in [-0.3, -0.25) is 4.79 Å². The molecule has 0 bridgehead atoms. The van der Waals surface area contributed by atoms with E-state index < -0.39 is 11.9 Å². The summed E-state index contributed by atoms with van der Waals surface area (Å²) < 4.78 is 11.0. The number of amides is 1. The summed E-state index contributed by atoms with van der Waals surface area (Å²) in [6.45, 7) is 7.00. The number of carbonyl (C=O) groups excluding carboxylic acids is 2. The number of carboxylic acids is 1. The van der Waals surface area contributed by atoms with E-state index in [1.807, 2.05) is 12.1 Å². The molecule has 25 heavy (non-hydrogen) atoms. The molecule has 0 aliphatic carbocycles. The van der Waals surface area contributed by atoms with Gasteiger partial charge in [0.25, 0.3) is 5.91 Å². The molecule has 1 aromatic carbocycles. The predicted molar refractivity (Wildman–Crippen MR) is 91.5 cm³/mol. The third kappa shape index (κ3) is 4.87. The van der Waals surface area contributed by atoms with Crippen LogP contribution in [0.3, 0.4) is 0 Å². The number of hydrogen-bond acceptors (Lipinski definition) is 5. The summed E-state index contributed by atoms with van der Waals surface area (Å²) in [6, 6.07) is 5.54. The van der Waals surface area contributed by atoms with Gasteiger partial charge in [0, 0.05) is 30.5 Å². The summed E-state index contributed by atoms with van der Waals surface area (Å²) in [6.07, 6.45) is 0.869. The maximum absolute atomic E-state index is 12.3. The highest BCUT2D eigenvalue weighted by Crippen LogP contribution is 2.34. The van der Waals surface area contributed by atoms with Crippen molar-refractivity contribution in [3.05, 3.63) is 23.8 Å². The Morgan fingerprint density at radius 3 is 2.40 bits per heavy atom. The van der Waals surface area contributed by atoms with Gasteiger partial charge in [-0.2, -0.15) is 0 Å². The van der Waals surface area contributed by atoms with Gasteiger partial charge in [0.1, 0.15) is 11.5 Å². The smallest absolute Gasteiger partial charge is 0.260 e. The normalized spacial score (nSPS) is 15.8. The van der Waals surface area contributed by atoms with Crippen molar-refractivity contribution in [3.8, 4) is 11.5 Å². The molecule has 1 saturated heterocycles. The average molecular weight is 348 g/mol. The molecule has 6 heteroatoms. The SMILES string of the molecule is COc1ccc(OCC(=O)N2CCC(C(=O)[O-])CC2)c(C(C)(C)C)c1. The fourth-order valence-electron chi connectivity index (χ4n) is 2.94. The molecule has 1 amide bonds. The molecule has 0 unspecified atom stereocenters. The van der Waals surface area contributed by atoms with Crippen molar-refractivity contribution in [2.24, 2.45) is 5.92 Å². The molecule has 138 valence electrons. The molecule has 0 radical (unpaired) electrons. The van der Waals surface area contributed by atoms with Crippen LogP contribution in [0.25, 0.3) is 0 Å². The van der Waals surface area contributed by atoms with E-state index >= 15 is 0 Å². The van der Waals surface area contributed by atoms with E-state index in [4.69, 9.17) is 9.47 Å². The first-order valence-corrected chi connectivity index (χ1v) is 8.52. The van der Waals surface area contributed by atoms with Gasteiger partial charge in [0.15, 0.2) is 6.61 Å². The van der Waals surface area contributed by atoms with Gasteiger partial charge in [-0.05, 0) is 36.5 Å². The molecule has 0 aromatic heterocycles. The lowest BCUT2D eigenvalue weighted by atomic mass is 9.86. The first kappa shape index (κ1) is 19.1. The van der Waals surface area contributed by atoms with E-state index in [0.29, 0.717) is 31.7 Å². The number of piperidine rings is 1. The number of nitrogens with zero attached hydrogens (tertiary/aromatic N) is 1. The lowest BCUT2D eigenvalue weighted by Crippen LogP contribution is -2.45. The summed E-state index contributed by atoms with van der Waals surface area (Å²) in [7, 11) is 1.61. The number of rotatable bonds is 5. The first-order valence-electron chi connectivity index (χ1n) is 8.52. The maximum Gasteiger partial charge on any atom is 0.260 e. The number of ether oxygens (including phenoxy) is 2. The molecule has 1 fully saturated rings. The minimum absolute atomic E-state index is 0.0641. The lowest BCUT2D eigenvalue weighted by Gasteiger charge is -2.32. The third-order valence-corrected chi connectivity index (χ3v) is 4.53. The molecule has 0 atom stereocenters. The lowest BCUT2D eigenvalue weighted by molar-refractivity contribution is -0.312. The van der Waals surface area contributed by atoms with Crippen molar-refractivity contribution in [2.45, 2.75) is 39.0 Å². The standard InChI is InChI=1S/C19H27NO5/c1-19(2,3)15-11-14(24-4)5-6-16(15)25-12-17(21)20-9-7-13(8-10-20)18(22)23/h5-6,11,13H,7-10,12H2,1-4H3,(H,22,23)/p-1. The highest BCUT2D eigenvalue weighted by atomic mass is 16.5. The van der Waals surface area contributed by atoms with Crippen molar-refractivity contribution in [2.75, 3.05) is 26.8 Å². The average Bonchev–Trinajstić information content (AvgIpc) is 2.58. The van der Waals surface area contributed by atoms with Gasteiger partial charge in [-0.1, -0.05) is 20.8 Å². The molecule has 2 rings (SSSR count). The van der Waals surface area contributed by atoms with Gasteiger partial charge in [0.2, 0.25) is 0 Å². The molecule has 0 spiro atoms. The van der Waals surface area contributed by atoms with Crippen LogP contribution in [0, 0.1) is 5.92 Å². The van der Waals surface area contributed by atoms with Crippen LogP contribution in [0.5, 0.6) is 11.5 Å². The Kier molecular flexibility index (Phi) is 5.93. The Bertz CT molecular complexity index is 627.